The number of ether oxygens (including phenoxy) is 1. The Labute approximate surface area is 174 Å². The van der Waals surface area contributed by atoms with E-state index in [0.29, 0.717) is 18.8 Å². The summed E-state index contributed by atoms with van der Waals surface area (Å²) in [6.45, 7) is 2.85. The van der Waals surface area contributed by atoms with Crippen LogP contribution in [0.4, 0.5) is 5.69 Å². The molecule has 1 aliphatic rings. The van der Waals surface area contributed by atoms with Crippen molar-refractivity contribution in [3.63, 3.8) is 0 Å². The number of carbonyl (C=O) groups is 2. The number of esters is 1. The second-order valence-corrected chi connectivity index (χ2v) is 8.85. The first-order valence-electron chi connectivity index (χ1n) is 9.21. The minimum atomic E-state index is -3.62. The minimum Gasteiger partial charge on any atom is -0.462 e. The number of carbonyl (C=O) groups excluding carboxylic acids is 2. The van der Waals surface area contributed by atoms with Gasteiger partial charge in [-0.1, -0.05) is 17.7 Å². The Morgan fingerprint density at radius 2 is 1.86 bits per heavy atom. The number of rotatable bonds is 6. The second kappa shape index (κ2) is 8.94. The van der Waals surface area contributed by atoms with E-state index in [1.165, 1.54) is 40.7 Å². The molecule has 1 fully saturated rings. The third-order valence-electron chi connectivity index (χ3n) is 4.52. The molecule has 0 atom stereocenters. The molecule has 1 heterocycles. The Morgan fingerprint density at radius 3 is 2.55 bits per heavy atom. The zero-order valence-electron chi connectivity index (χ0n) is 15.9. The number of anilines is 1. The maximum atomic E-state index is 12.7. The molecule has 0 spiro atoms. The van der Waals surface area contributed by atoms with Crippen LogP contribution in [0.25, 0.3) is 0 Å². The van der Waals surface area contributed by atoms with Gasteiger partial charge < -0.3 is 10.1 Å². The third kappa shape index (κ3) is 4.77. The smallest absolute Gasteiger partial charge is 0.339 e. The largest absolute Gasteiger partial charge is 0.462 e. The van der Waals surface area contributed by atoms with E-state index in [2.05, 4.69) is 5.32 Å². The fourth-order valence-corrected chi connectivity index (χ4v) is 4.81. The van der Waals surface area contributed by atoms with Crippen LogP contribution in [0, 0.1) is 0 Å². The molecular formula is C20H21ClN2O5S. The van der Waals surface area contributed by atoms with Gasteiger partial charge in [0, 0.05) is 24.3 Å². The second-order valence-electron chi connectivity index (χ2n) is 6.51. The van der Waals surface area contributed by atoms with Crippen LogP contribution in [0.1, 0.15) is 40.5 Å². The van der Waals surface area contributed by atoms with Crippen LogP contribution in [-0.2, 0) is 14.8 Å². The first-order valence-corrected chi connectivity index (χ1v) is 11.0. The molecule has 0 radical (unpaired) electrons. The summed E-state index contributed by atoms with van der Waals surface area (Å²) in [6, 6.07) is 10.3. The highest BCUT2D eigenvalue weighted by Gasteiger charge is 2.27. The maximum Gasteiger partial charge on any atom is 0.339 e. The van der Waals surface area contributed by atoms with Crippen molar-refractivity contribution in [3.05, 3.63) is 58.6 Å². The van der Waals surface area contributed by atoms with E-state index in [-0.39, 0.29) is 27.7 Å². The summed E-state index contributed by atoms with van der Waals surface area (Å²) in [4.78, 5) is 24.7. The summed E-state index contributed by atoms with van der Waals surface area (Å²) in [5, 5.41) is 2.87. The number of benzene rings is 2. The lowest BCUT2D eigenvalue weighted by atomic mass is 10.1. The van der Waals surface area contributed by atoms with Crippen molar-refractivity contribution in [1.29, 1.82) is 0 Å². The van der Waals surface area contributed by atoms with Crippen LogP contribution in [0.3, 0.4) is 0 Å². The highest BCUT2D eigenvalue weighted by Crippen LogP contribution is 2.24. The van der Waals surface area contributed by atoms with Crippen molar-refractivity contribution in [2.45, 2.75) is 24.7 Å². The van der Waals surface area contributed by atoms with Crippen molar-refractivity contribution < 1.29 is 22.7 Å². The zero-order chi connectivity index (χ0) is 21.0. The molecule has 1 saturated heterocycles. The average molecular weight is 437 g/mol. The molecule has 0 saturated carbocycles. The van der Waals surface area contributed by atoms with Gasteiger partial charge in [-0.25, -0.2) is 13.2 Å². The van der Waals surface area contributed by atoms with Crippen molar-refractivity contribution in [2.24, 2.45) is 0 Å². The standard InChI is InChI=1S/C20H21ClN2O5S/c1-2-28-20(25)17-13-15(8-9-18(17)21)22-19(24)14-6-5-7-16(12-14)29(26,27)23-10-3-4-11-23/h5-9,12-13H,2-4,10-11H2,1H3,(H,22,24). The average Bonchev–Trinajstić information content (AvgIpc) is 3.25. The van der Waals surface area contributed by atoms with Gasteiger partial charge in [-0.2, -0.15) is 4.31 Å². The summed E-state index contributed by atoms with van der Waals surface area (Å²) in [5.74, 6) is -1.09. The molecule has 9 heteroatoms. The first kappa shape index (κ1) is 21.3. The van der Waals surface area contributed by atoms with Crippen LogP contribution in [0.15, 0.2) is 47.4 Å². The number of nitrogens with zero attached hydrogens (tertiary/aromatic N) is 1. The molecule has 3 rings (SSSR count). The highest BCUT2D eigenvalue weighted by molar-refractivity contribution is 7.89. The lowest BCUT2D eigenvalue weighted by Crippen LogP contribution is -2.28. The Morgan fingerprint density at radius 1 is 1.14 bits per heavy atom. The van der Waals surface area contributed by atoms with Crippen LogP contribution in [0.5, 0.6) is 0 Å². The molecule has 2 aromatic carbocycles. The molecule has 0 aliphatic carbocycles. The fraction of sp³-hybridized carbons (Fsp3) is 0.300. The first-order chi connectivity index (χ1) is 13.8. The molecule has 29 heavy (non-hydrogen) atoms. The van der Waals surface area contributed by atoms with E-state index in [9.17, 15) is 18.0 Å². The molecule has 0 unspecified atom stereocenters. The van der Waals surface area contributed by atoms with E-state index < -0.39 is 21.9 Å². The summed E-state index contributed by atoms with van der Waals surface area (Å²) in [7, 11) is -3.62. The van der Waals surface area contributed by atoms with E-state index in [0.717, 1.165) is 12.8 Å². The number of amides is 1. The van der Waals surface area contributed by atoms with Crippen LogP contribution in [0.2, 0.25) is 5.02 Å². The van der Waals surface area contributed by atoms with Gasteiger partial charge in [-0.05, 0) is 56.2 Å². The molecule has 1 aliphatic heterocycles. The molecule has 1 N–H and O–H groups in total. The third-order valence-corrected chi connectivity index (χ3v) is 6.74. The maximum absolute atomic E-state index is 12.7. The molecule has 0 aromatic heterocycles. The normalized spacial score (nSPS) is 14.6. The van der Waals surface area contributed by atoms with Crippen molar-refractivity contribution >= 4 is 39.2 Å². The number of sulfonamides is 1. The van der Waals surface area contributed by atoms with E-state index >= 15 is 0 Å². The van der Waals surface area contributed by atoms with E-state index in [4.69, 9.17) is 16.3 Å². The number of halogens is 1. The van der Waals surface area contributed by atoms with Crippen molar-refractivity contribution in [1.82, 2.24) is 4.31 Å². The quantitative estimate of drug-likeness (QED) is 0.699. The molecule has 0 bridgehead atoms. The van der Waals surface area contributed by atoms with Gasteiger partial charge >= 0.3 is 5.97 Å². The predicted molar refractivity (Wildman–Crippen MR) is 110 cm³/mol. The summed E-state index contributed by atoms with van der Waals surface area (Å²) in [6.07, 6.45) is 1.66. The van der Waals surface area contributed by atoms with E-state index in [1.807, 2.05) is 0 Å². The molecular weight excluding hydrogens is 416 g/mol. The van der Waals surface area contributed by atoms with Gasteiger partial charge in [0.15, 0.2) is 0 Å². The fourth-order valence-electron chi connectivity index (χ4n) is 3.05. The van der Waals surface area contributed by atoms with Gasteiger partial charge in [0.1, 0.15) is 0 Å². The van der Waals surface area contributed by atoms with Gasteiger partial charge in [-0.15, -0.1) is 0 Å². The molecule has 7 nitrogen and oxygen atoms in total. The Bertz CT molecular complexity index is 1030. The van der Waals surface area contributed by atoms with Gasteiger partial charge in [0.2, 0.25) is 10.0 Å². The SMILES string of the molecule is CCOC(=O)c1cc(NC(=O)c2cccc(S(=O)(=O)N3CCCC3)c2)ccc1Cl. The summed E-state index contributed by atoms with van der Waals surface area (Å²) >= 11 is 6.03. The Hall–Kier alpha value is -2.42. The Kier molecular flexibility index (Phi) is 6.56. The molecule has 2 aromatic rings. The predicted octanol–water partition coefficient (Wildman–Crippen LogP) is 3.55. The zero-order valence-corrected chi connectivity index (χ0v) is 17.4. The van der Waals surface area contributed by atoms with Crippen LogP contribution in [-0.4, -0.2) is 44.3 Å². The Balaban J connectivity index is 1.81. The van der Waals surface area contributed by atoms with E-state index in [1.54, 1.807) is 13.0 Å². The monoisotopic (exact) mass is 436 g/mol. The summed E-state index contributed by atoms with van der Waals surface area (Å²) < 4.78 is 31.8. The topological polar surface area (TPSA) is 92.8 Å². The summed E-state index contributed by atoms with van der Waals surface area (Å²) in [5.41, 5.74) is 0.671. The number of nitrogens with one attached hydrogen (secondary N) is 1. The van der Waals surface area contributed by atoms with Crippen LogP contribution < -0.4 is 5.32 Å². The van der Waals surface area contributed by atoms with Gasteiger partial charge in [0.25, 0.3) is 5.91 Å². The highest BCUT2D eigenvalue weighted by atomic mass is 35.5. The molecule has 154 valence electrons. The minimum absolute atomic E-state index is 0.0790. The number of hydrogen-bond donors (Lipinski definition) is 1. The van der Waals surface area contributed by atoms with Crippen LogP contribution >= 0.6 is 11.6 Å². The van der Waals surface area contributed by atoms with Gasteiger partial charge in [-0.3, -0.25) is 4.79 Å². The van der Waals surface area contributed by atoms with Crippen molar-refractivity contribution in [2.75, 3.05) is 25.0 Å². The van der Waals surface area contributed by atoms with Gasteiger partial charge in [0.05, 0.1) is 22.1 Å². The molecule has 1 amide bonds. The number of hydrogen-bond acceptors (Lipinski definition) is 5. The van der Waals surface area contributed by atoms with Crippen molar-refractivity contribution in [3.8, 4) is 0 Å². The lowest BCUT2D eigenvalue weighted by molar-refractivity contribution is 0.0526. The lowest BCUT2D eigenvalue weighted by Gasteiger charge is -2.16.